The number of nitrogens with one attached hydrogen (secondary N) is 1. The van der Waals surface area contributed by atoms with Crippen molar-refractivity contribution in [2.24, 2.45) is 5.92 Å². The second kappa shape index (κ2) is 10.8. The van der Waals surface area contributed by atoms with Crippen LogP contribution < -0.4 is 9.46 Å². The van der Waals surface area contributed by atoms with Crippen molar-refractivity contribution in [3.8, 4) is 5.75 Å². The Hall–Kier alpha value is -3.34. The number of alkyl halides is 3. The van der Waals surface area contributed by atoms with E-state index in [2.05, 4.69) is 4.74 Å². The summed E-state index contributed by atoms with van der Waals surface area (Å²) in [5.74, 6) is -4.11. The molecule has 2 aromatic carbocycles. The lowest BCUT2D eigenvalue weighted by atomic mass is 9.99. The number of carbonyl (C=O) groups excluding carboxylic acids is 2. The van der Waals surface area contributed by atoms with Crippen LogP contribution in [0.1, 0.15) is 18.1 Å². The molecule has 0 fully saturated rings. The first-order valence-corrected chi connectivity index (χ1v) is 10.8. The summed E-state index contributed by atoms with van der Waals surface area (Å²) in [7, 11) is -4.22. The molecule has 32 heavy (non-hydrogen) atoms. The lowest BCUT2D eigenvalue weighted by Gasteiger charge is -2.15. The number of hydrogen-bond donors (Lipinski definition) is 1. The Kier molecular flexibility index (Phi) is 8.41. The topological polar surface area (TPSA) is 98.8 Å². The summed E-state index contributed by atoms with van der Waals surface area (Å²) >= 11 is 0. The third-order valence-corrected chi connectivity index (χ3v) is 4.95. The highest BCUT2D eigenvalue weighted by molar-refractivity contribution is 7.93. The predicted molar refractivity (Wildman–Crippen MR) is 109 cm³/mol. The fraction of sp³-hybridized carbons (Fsp3) is 0.238. The Morgan fingerprint density at radius 1 is 1.06 bits per heavy atom. The number of ether oxygens (including phenoxy) is 2. The molecule has 1 unspecified atom stereocenters. The molecule has 2 rings (SSSR count). The summed E-state index contributed by atoms with van der Waals surface area (Å²) in [5, 5.41) is 0.783. The smallest absolute Gasteiger partial charge is 0.465 e. The number of amides is 1. The number of carbonyl (C=O) groups is 2. The molecule has 0 aliphatic heterocycles. The van der Waals surface area contributed by atoms with Crippen molar-refractivity contribution in [3.05, 3.63) is 71.1 Å². The zero-order valence-corrected chi connectivity index (χ0v) is 17.7. The second-order valence-corrected chi connectivity index (χ2v) is 7.99. The molecule has 7 nitrogen and oxygen atoms in total. The molecular formula is C21H20F3NO6S. The van der Waals surface area contributed by atoms with E-state index in [9.17, 15) is 31.2 Å². The van der Waals surface area contributed by atoms with E-state index in [1.54, 1.807) is 35.1 Å². The molecule has 0 spiro atoms. The first-order chi connectivity index (χ1) is 15.0. The largest absolute Gasteiger partial charge is 0.573 e. The van der Waals surface area contributed by atoms with Crippen LogP contribution in [0.4, 0.5) is 13.2 Å². The highest BCUT2D eigenvalue weighted by Gasteiger charge is 2.32. The third kappa shape index (κ3) is 8.42. The number of rotatable bonds is 9. The van der Waals surface area contributed by atoms with Crippen molar-refractivity contribution in [1.82, 2.24) is 4.72 Å². The van der Waals surface area contributed by atoms with Crippen LogP contribution in [-0.2, 0) is 30.8 Å². The zero-order chi connectivity index (χ0) is 23.8. The number of benzene rings is 2. The van der Waals surface area contributed by atoms with Gasteiger partial charge in [-0.2, -0.15) is 0 Å². The number of hydrogen-bond acceptors (Lipinski definition) is 6. The van der Waals surface area contributed by atoms with Gasteiger partial charge in [-0.3, -0.25) is 9.59 Å². The van der Waals surface area contributed by atoms with Crippen LogP contribution in [0.3, 0.4) is 0 Å². The Morgan fingerprint density at radius 3 is 2.25 bits per heavy atom. The van der Waals surface area contributed by atoms with Gasteiger partial charge in [0.05, 0.1) is 12.0 Å². The molecule has 0 radical (unpaired) electrons. The summed E-state index contributed by atoms with van der Waals surface area (Å²) in [5.41, 5.74) is 0.874. The fourth-order valence-electron chi connectivity index (χ4n) is 2.57. The van der Waals surface area contributed by atoms with Gasteiger partial charge in [0.25, 0.3) is 10.0 Å². The first kappa shape index (κ1) is 24.9. The maximum absolute atomic E-state index is 12.5. The Labute approximate surface area is 182 Å². The van der Waals surface area contributed by atoms with E-state index in [1.807, 2.05) is 0 Å². The van der Waals surface area contributed by atoms with E-state index >= 15 is 0 Å². The van der Waals surface area contributed by atoms with E-state index in [0.29, 0.717) is 11.1 Å². The van der Waals surface area contributed by atoms with Crippen LogP contribution in [0.5, 0.6) is 5.75 Å². The van der Waals surface area contributed by atoms with Crippen LogP contribution >= 0.6 is 0 Å². The van der Waals surface area contributed by atoms with Crippen molar-refractivity contribution in [2.45, 2.75) is 19.7 Å². The molecule has 0 aromatic heterocycles. The van der Waals surface area contributed by atoms with Gasteiger partial charge in [0, 0.05) is 0 Å². The minimum Gasteiger partial charge on any atom is -0.465 e. The van der Waals surface area contributed by atoms with Crippen LogP contribution in [-0.4, -0.2) is 33.3 Å². The Balaban J connectivity index is 2.14. The molecule has 1 amide bonds. The van der Waals surface area contributed by atoms with Crippen LogP contribution in [0.2, 0.25) is 0 Å². The monoisotopic (exact) mass is 471 g/mol. The minimum absolute atomic E-state index is 0.0539. The molecule has 0 heterocycles. The molecule has 1 atom stereocenters. The Morgan fingerprint density at radius 2 is 1.69 bits per heavy atom. The van der Waals surface area contributed by atoms with Crippen molar-refractivity contribution in [3.63, 3.8) is 0 Å². The van der Waals surface area contributed by atoms with Crippen molar-refractivity contribution in [1.29, 1.82) is 0 Å². The van der Waals surface area contributed by atoms with Crippen LogP contribution in [0.15, 0.2) is 60.0 Å². The molecule has 2 aromatic rings. The van der Waals surface area contributed by atoms with Crippen molar-refractivity contribution < 1.29 is 40.7 Å². The standard InChI is InChI=1S/C21H20F3NO6S/c1-2-30-20(27)18(14-16-8-10-17(11-9-16)31-21(22,23)24)19(26)25-32(28,29)13-12-15-6-4-3-5-7-15/h3-13,18H,2,14H2,1H3,(H,25,26). The SMILES string of the molecule is CCOC(=O)C(Cc1ccc(OC(F)(F)F)cc1)C(=O)NS(=O)(=O)C=Cc1ccccc1. The summed E-state index contributed by atoms with van der Waals surface area (Å²) in [6.45, 7) is 1.46. The van der Waals surface area contributed by atoms with Gasteiger partial charge < -0.3 is 9.47 Å². The van der Waals surface area contributed by atoms with Gasteiger partial charge in [-0.15, -0.1) is 13.2 Å². The van der Waals surface area contributed by atoms with Gasteiger partial charge in [0.1, 0.15) is 11.7 Å². The van der Waals surface area contributed by atoms with E-state index in [0.717, 1.165) is 17.5 Å². The first-order valence-electron chi connectivity index (χ1n) is 9.30. The van der Waals surface area contributed by atoms with Gasteiger partial charge >= 0.3 is 12.3 Å². The minimum atomic E-state index is -4.86. The van der Waals surface area contributed by atoms with Crippen LogP contribution in [0, 0.1) is 5.92 Å². The van der Waals surface area contributed by atoms with E-state index < -0.39 is 39.9 Å². The molecule has 0 aliphatic rings. The van der Waals surface area contributed by atoms with Crippen molar-refractivity contribution >= 4 is 28.0 Å². The highest BCUT2D eigenvalue weighted by Crippen LogP contribution is 2.23. The average molecular weight is 471 g/mol. The van der Waals surface area contributed by atoms with E-state index in [4.69, 9.17) is 4.74 Å². The molecule has 0 bridgehead atoms. The van der Waals surface area contributed by atoms with Crippen molar-refractivity contribution in [2.75, 3.05) is 6.61 Å². The molecule has 11 heteroatoms. The third-order valence-electron chi connectivity index (χ3n) is 3.97. The van der Waals surface area contributed by atoms with E-state index in [1.165, 1.54) is 25.1 Å². The molecule has 0 saturated heterocycles. The predicted octanol–water partition coefficient (Wildman–Crippen LogP) is 3.42. The van der Waals surface area contributed by atoms with E-state index in [-0.39, 0.29) is 13.0 Å². The Bertz CT molecular complexity index is 1050. The van der Waals surface area contributed by atoms with Crippen LogP contribution in [0.25, 0.3) is 6.08 Å². The normalized spacial score (nSPS) is 12.9. The lowest BCUT2D eigenvalue weighted by Crippen LogP contribution is -2.40. The van der Waals surface area contributed by atoms with Gasteiger partial charge in [-0.05, 0) is 42.7 Å². The number of esters is 1. The molecular weight excluding hydrogens is 451 g/mol. The summed E-state index contributed by atoms with van der Waals surface area (Å²) in [6, 6.07) is 12.9. The van der Waals surface area contributed by atoms with Gasteiger partial charge in [-0.25, -0.2) is 13.1 Å². The number of halogens is 3. The van der Waals surface area contributed by atoms with Gasteiger partial charge in [-0.1, -0.05) is 42.5 Å². The second-order valence-electron chi connectivity index (χ2n) is 6.43. The maximum atomic E-state index is 12.5. The summed E-state index contributed by atoms with van der Waals surface area (Å²) < 4.78 is 71.7. The lowest BCUT2D eigenvalue weighted by molar-refractivity contribution is -0.274. The molecule has 1 N–H and O–H groups in total. The fourth-order valence-corrected chi connectivity index (χ4v) is 3.39. The molecule has 172 valence electrons. The van der Waals surface area contributed by atoms with Gasteiger partial charge in [0.2, 0.25) is 5.91 Å². The highest BCUT2D eigenvalue weighted by atomic mass is 32.2. The average Bonchev–Trinajstić information content (AvgIpc) is 2.71. The summed E-state index contributed by atoms with van der Waals surface area (Å²) in [4.78, 5) is 24.8. The summed E-state index contributed by atoms with van der Waals surface area (Å²) in [6.07, 6.45) is -3.89. The zero-order valence-electron chi connectivity index (χ0n) is 16.8. The molecule has 0 saturated carbocycles. The maximum Gasteiger partial charge on any atom is 0.573 e. The molecule has 0 aliphatic carbocycles. The quantitative estimate of drug-likeness (QED) is 0.445. The van der Waals surface area contributed by atoms with Gasteiger partial charge in [0.15, 0.2) is 0 Å². The number of sulfonamides is 1.